The van der Waals surface area contributed by atoms with Crippen molar-refractivity contribution in [3.05, 3.63) is 43.4 Å². The van der Waals surface area contributed by atoms with Crippen molar-refractivity contribution >= 4 is 43.0 Å². The van der Waals surface area contributed by atoms with Gasteiger partial charge < -0.3 is 4.57 Å². The molecule has 0 fully saturated rings. The van der Waals surface area contributed by atoms with E-state index in [1.165, 1.54) is 34.2 Å². The van der Waals surface area contributed by atoms with E-state index in [2.05, 4.69) is 20.7 Å². The molecule has 8 heteroatoms. The highest BCUT2D eigenvalue weighted by molar-refractivity contribution is 9.11. The van der Waals surface area contributed by atoms with Crippen molar-refractivity contribution in [3.63, 3.8) is 0 Å². The van der Waals surface area contributed by atoms with Crippen molar-refractivity contribution in [2.45, 2.75) is 11.8 Å². The molecule has 0 saturated heterocycles. The van der Waals surface area contributed by atoms with Gasteiger partial charge in [-0.2, -0.15) is 0 Å². The van der Waals surface area contributed by atoms with Gasteiger partial charge in [0, 0.05) is 24.2 Å². The Hall–Kier alpha value is -1.12. The molecule has 0 atom stereocenters. The fourth-order valence-corrected chi connectivity index (χ4v) is 5.02. The van der Waals surface area contributed by atoms with Crippen LogP contribution in [-0.2, 0) is 17.1 Å². The molecule has 0 radical (unpaired) electrons. The van der Waals surface area contributed by atoms with Gasteiger partial charge in [-0.15, -0.1) is 11.3 Å². The number of thiophene rings is 1. The Morgan fingerprint density at radius 2 is 2.05 bits per heavy atom. The van der Waals surface area contributed by atoms with Crippen molar-refractivity contribution in [1.29, 1.82) is 0 Å². The topological polar surface area (TPSA) is 68.2 Å². The van der Waals surface area contributed by atoms with Gasteiger partial charge in [0.25, 0.3) is 10.0 Å². The summed E-state index contributed by atoms with van der Waals surface area (Å²) in [6.07, 6.45) is 1.44. The lowest BCUT2D eigenvalue weighted by molar-refractivity contribution is 0.601. The number of nitrogens with one attached hydrogen (secondary N) is 1. The number of aromatic nitrogens is 1. The second-order valence-corrected chi connectivity index (χ2v) is 8.23. The van der Waals surface area contributed by atoms with E-state index < -0.39 is 10.0 Å². The van der Waals surface area contributed by atoms with E-state index in [-0.39, 0.29) is 10.5 Å². The summed E-state index contributed by atoms with van der Waals surface area (Å²) >= 11 is 4.62. The average Bonchev–Trinajstić information content (AvgIpc) is 2.63. The van der Waals surface area contributed by atoms with Gasteiger partial charge >= 0.3 is 0 Å². The molecule has 5 nitrogen and oxygen atoms in total. The van der Waals surface area contributed by atoms with Gasteiger partial charge in [0.2, 0.25) is 5.56 Å². The summed E-state index contributed by atoms with van der Waals surface area (Å²) in [6, 6.07) is 4.31. The largest absolute Gasteiger partial charge is 0.316 e. The third-order valence-electron chi connectivity index (χ3n) is 2.47. The Balaban J connectivity index is 2.39. The molecule has 19 heavy (non-hydrogen) atoms. The molecular formula is C11H11BrN2O3S2. The molecule has 2 rings (SSSR count). The van der Waals surface area contributed by atoms with Crippen LogP contribution in [-0.4, -0.2) is 13.0 Å². The second-order valence-electron chi connectivity index (χ2n) is 3.94. The normalized spacial score (nSPS) is 11.5. The standard InChI is InChI=1S/C11H11BrN2O3S2/c1-7-9(5-10(12)18-7)19(16,17)13-8-3-4-11(15)14(2)6-8/h3-6,13H,1-2H3. The Morgan fingerprint density at radius 3 is 2.58 bits per heavy atom. The number of hydrogen-bond donors (Lipinski definition) is 1. The average molecular weight is 363 g/mol. The van der Waals surface area contributed by atoms with Crippen molar-refractivity contribution < 1.29 is 8.42 Å². The van der Waals surface area contributed by atoms with E-state index in [0.29, 0.717) is 10.6 Å². The van der Waals surface area contributed by atoms with Gasteiger partial charge in [0.15, 0.2) is 0 Å². The third kappa shape index (κ3) is 3.07. The number of rotatable bonds is 3. The quantitative estimate of drug-likeness (QED) is 0.910. The minimum Gasteiger partial charge on any atom is -0.316 e. The molecule has 0 aliphatic carbocycles. The zero-order chi connectivity index (χ0) is 14.2. The van der Waals surface area contributed by atoms with Gasteiger partial charge in [-0.3, -0.25) is 9.52 Å². The highest BCUT2D eigenvalue weighted by Crippen LogP contribution is 2.30. The minimum absolute atomic E-state index is 0.197. The first-order valence-electron chi connectivity index (χ1n) is 5.25. The number of nitrogens with zero attached hydrogens (tertiary/aromatic N) is 1. The first kappa shape index (κ1) is 14.3. The number of halogens is 1. The maximum absolute atomic E-state index is 12.2. The molecule has 2 aromatic heterocycles. The van der Waals surface area contributed by atoms with Crippen LogP contribution in [0.5, 0.6) is 0 Å². The van der Waals surface area contributed by atoms with Crippen LogP contribution in [0.2, 0.25) is 0 Å². The number of pyridine rings is 1. The minimum atomic E-state index is -3.64. The van der Waals surface area contributed by atoms with Gasteiger partial charge in [-0.25, -0.2) is 8.42 Å². The molecule has 102 valence electrons. The number of aryl methyl sites for hydroxylation is 2. The van der Waals surface area contributed by atoms with Crippen molar-refractivity contribution in [3.8, 4) is 0 Å². The maximum atomic E-state index is 12.2. The summed E-state index contributed by atoms with van der Waals surface area (Å²) in [5, 5.41) is 0. The van der Waals surface area contributed by atoms with E-state index in [9.17, 15) is 13.2 Å². The van der Waals surface area contributed by atoms with Gasteiger partial charge in [-0.05, 0) is 35.0 Å². The number of anilines is 1. The summed E-state index contributed by atoms with van der Waals surface area (Å²) in [5.74, 6) is 0. The number of hydrogen-bond acceptors (Lipinski definition) is 4. The fourth-order valence-electron chi connectivity index (χ4n) is 1.56. The van der Waals surface area contributed by atoms with E-state index >= 15 is 0 Å². The SMILES string of the molecule is Cc1sc(Br)cc1S(=O)(=O)Nc1ccc(=O)n(C)c1. The van der Waals surface area contributed by atoms with E-state index in [1.54, 1.807) is 20.0 Å². The van der Waals surface area contributed by atoms with Gasteiger partial charge in [0.1, 0.15) is 4.90 Å². The Kier molecular flexibility index (Phi) is 3.84. The molecule has 0 bridgehead atoms. The van der Waals surface area contributed by atoms with Crippen LogP contribution < -0.4 is 10.3 Å². The first-order chi connectivity index (χ1) is 8.79. The van der Waals surface area contributed by atoms with Crippen LogP contribution in [0.4, 0.5) is 5.69 Å². The molecule has 0 unspecified atom stereocenters. The molecule has 0 spiro atoms. The van der Waals surface area contributed by atoms with Gasteiger partial charge in [0.05, 0.1) is 9.47 Å². The molecule has 0 saturated carbocycles. The predicted octanol–water partition coefficient (Wildman–Crippen LogP) is 2.32. The molecule has 0 aliphatic rings. The molecule has 2 aromatic rings. The predicted molar refractivity (Wildman–Crippen MR) is 79.2 cm³/mol. The second kappa shape index (κ2) is 5.10. The zero-order valence-electron chi connectivity index (χ0n) is 10.2. The third-order valence-corrected chi connectivity index (χ3v) is 5.66. The van der Waals surface area contributed by atoms with Crippen LogP contribution >= 0.6 is 27.3 Å². The van der Waals surface area contributed by atoms with E-state index in [1.807, 2.05) is 0 Å². The summed E-state index contributed by atoms with van der Waals surface area (Å²) in [4.78, 5) is 12.2. The Bertz CT molecular complexity index is 777. The highest BCUT2D eigenvalue weighted by Gasteiger charge is 2.19. The van der Waals surface area contributed by atoms with E-state index in [0.717, 1.165) is 3.79 Å². The number of sulfonamides is 1. The van der Waals surface area contributed by atoms with Crippen LogP contribution in [0, 0.1) is 6.92 Å². The smallest absolute Gasteiger partial charge is 0.263 e. The molecule has 0 aromatic carbocycles. The highest BCUT2D eigenvalue weighted by atomic mass is 79.9. The fraction of sp³-hybridized carbons (Fsp3) is 0.182. The lowest BCUT2D eigenvalue weighted by Gasteiger charge is -2.08. The van der Waals surface area contributed by atoms with Crippen molar-refractivity contribution in [1.82, 2.24) is 4.57 Å². The zero-order valence-corrected chi connectivity index (χ0v) is 13.4. The lowest BCUT2D eigenvalue weighted by atomic mass is 10.4. The monoisotopic (exact) mass is 362 g/mol. The Morgan fingerprint density at radius 1 is 1.37 bits per heavy atom. The maximum Gasteiger partial charge on any atom is 0.263 e. The molecule has 0 amide bonds. The first-order valence-corrected chi connectivity index (χ1v) is 8.34. The molecule has 2 heterocycles. The summed E-state index contributed by atoms with van der Waals surface area (Å²) in [7, 11) is -2.08. The Labute approximate surface area is 123 Å². The lowest BCUT2D eigenvalue weighted by Crippen LogP contribution is -2.18. The van der Waals surface area contributed by atoms with E-state index in [4.69, 9.17) is 0 Å². The van der Waals surface area contributed by atoms with Crippen LogP contribution in [0.3, 0.4) is 0 Å². The summed E-state index contributed by atoms with van der Waals surface area (Å²) in [6.45, 7) is 1.74. The van der Waals surface area contributed by atoms with Crippen molar-refractivity contribution in [2.75, 3.05) is 4.72 Å². The molecular weight excluding hydrogens is 352 g/mol. The van der Waals surface area contributed by atoms with Crippen molar-refractivity contribution in [2.24, 2.45) is 7.05 Å². The molecule has 0 aliphatic heterocycles. The van der Waals surface area contributed by atoms with Crippen LogP contribution in [0.25, 0.3) is 0 Å². The van der Waals surface area contributed by atoms with Gasteiger partial charge in [-0.1, -0.05) is 0 Å². The molecule has 1 N–H and O–H groups in total. The summed E-state index contributed by atoms with van der Waals surface area (Å²) in [5.41, 5.74) is 0.154. The van der Waals surface area contributed by atoms with Crippen LogP contribution in [0.1, 0.15) is 4.88 Å². The summed E-state index contributed by atoms with van der Waals surface area (Å²) < 4.78 is 29.0. The van der Waals surface area contributed by atoms with Crippen LogP contribution in [0.15, 0.2) is 37.9 Å².